The minimum Gasteiger partial charge on any atom is -0.413 e. The molecule has 1 fully saturated rings. The second-order valence-electron chi connectivity index (χ2n) is 6.97. The summed E-state index contributed by atoms with van der Waals surface area (Å²) < 4.78 is 32.2. The summed E-state index contributed by atoms with van der Waals surface area (Å²) in [6.07, 6.45) is 2.32. The Balaban J connectivity index is 2.67. The van der Waals surface area contributed by atoms with Gasteiger partial charge in [0, 0.05) is 12.8 Å². The predicted octanol–water partition coefficient (Wildman–Crippen LogP) is 5.00. The van der Waals surface area contributed by atoms with E-state index in [4.69, 9.17) is 4.43 Å². The molecule has 0 heterocycles. The van der Waals surface area contributed by atoms with Gasteiger partial charge in [-0.25, -0.2) is 8.78 Å². The lowest BCUT2D eigenvalue weighted by molar-refractivity contribution is -0.137. The van der Waals surface area contributed by atoms with E-state index in [-0.39, 0.29) is 29.9 Å². The molecule has 0 aromatic heterocycles. The summed E-state index contributed by atoms with van der Waals surface area (Å²) in [6, 6.07) is 0. The Bertz CT molecular complexity index is 299. The third kappa shape index (κ3) is 3.64. The molecule has 0 bridgehead atoms. The van der Waals surface area contributed by atoms with Gasteiger partial charge in [0.25, 0.3) is 0 Å². The lowest BCUT2D eigenvalue weighted by Gasteiger charge is -2.45. The maximum atomic E-state index is 13.0. The van der Waals surface area contributed by atoms with E-state index >= 15 is 0 Å². The molecule has 0 radical (unpaired) electrons. The second kappa shape index (κ2) is 5.04. The van der Waals surface area contributed by atoms with E-state index < -0.39 is 14.2 Å². The molecule has 0 spiro atoms. The van der Waals surface area contributed by atoms with Gasteiger partial charge in [0.1, 0.15) is 0 Å². The van der Waals surface area contributed by atoms with Crippen molar-refractivity contribution in [3.63, 3.8) is 0 Å². The minimum absolute atomic E-state index is 0.00729. The lowest BCUT2D eigenvalue weighted by atomic mass is 9.77. The number of halogens is 2. The van der Waals surface area contributed by atoms with Gasteiger partial charge in [0.05, 0.1) is 6.10 Å². The molecule has 1 atom stereocenters. The standard InChI is InChI=1S/C14H26F2OSi/c1-7-8-12(11-9-14(15,16)10-11)17-18(5,6)13(2,3)4/h7,11-12H,1,8-10H2,2-6H3. The normalized spacial score (nSPS) is 22.4. The fourth-order valence-corrected chi connectivity index (χ4v) is 3.43. The quantitative estimate of drug-likeness (QED) is 0.507. The summed E-state index contributed by atoms with van der Waals surface area (Å²) in [7, 11) is -1.89. The molecular formula is C14H26F2OSi. The number of alkyl halides is 2. The van der Waals surface area contributed by atoms with Crippen molar-refractivity contribution < 1.29 is 13.2 Å². The third-order valence-corrected chi connectivity index (χ3v) is 8.80. The van der Waals surface area contributed by atoms with Gasteiger partial charge in [-0.3, -0.25) is 0 Å². The largest absolute Gasteiger partial charge is 0.413 e. The van der Waals surface area contributed by atoms with E-state index in [1.807, 2.05) is 0 Å². The monoisotopic (exact) mass is 276 g/mol. The summed E-state index contributed by atoms with van der Waals surface area (Å²) in [5.41, 5.74) is 0. The molecule has 18 heavy (non-hydrogen) atoms. The second-order valence-corrected chi connectivity index (χ2v) is 11.7. The highest BCUT2D eigenvalue weighted by Crippen LogP contribution is 2.47. The van der Waals surface area contributed by atoms with Gasteiger partial charge in [-0.15, -0.1) is 6.58 Å². The fourth-order valence-electron chi connectivity index (χ4n) is 2.03. The molecule has 0 aromatic carbocycles. The fraction of sp³-hybridized carbons (Fsp3) is 0.857. The summed E-state index contributed by atoms with van der Waals surface area (Å²) >= 11 is 0. The van der Waals surface area contributed by atoms with Gasteiger partial charge in [-0.1, -0.05) is 26.8 Å². The Morgan fingerprint density at radius 1 is 1.39 bits per heavy atom. The Kier molecular flexibility index (Phi) is 4.44. The van der Waals surface area contributed by atoms with Crippen LogP contribution in [0.5, 0.6) is 0 Å². The molecule has 1 rings (SSSR count). The Morgan fingerprint density at radius 3 is 2.22 bits per heavy atom. The lowest BCUT2D eigenvalue weighted by Crippen LogP contribution is -2.50. The van der Waals surface area contributed by atoms with Crippen LogP contribution in [0.15, 0.2) is 12.7 Å². The SMILES string of the molecule is C=CCC(O[Si](C)(C)C(C)(C)C)C1CC(F)(F)C1. The van der Waals surface area contributed by atoms with E-state index in [1.165, 1.54) is 0 Å². The highest BCUT2D eigenvalue weighted by Gasteiger charge is 2.50. The zero-order chi connectivity index (χ0) is 14.2. The maximum Gasteiger partial charge on any atom is 0.248 e. The highest BCUT2D eigenvalue weighted by molar-refractivity contribution is 6.74. The van der Waals surface area contributed by atoms with Crippen molar-refractivity contribution in [1.29, 1.82) is 0 Å². The van der Waals surface area contributed by atoms with Crippen molar-refractivity contribution in [2.24, 2.45) is 5.92 Å². The molecule has 0 saturated heterocycles. The van der Waals surface area contributed by atoms with Gasteiger partial charge >= 0.3 is 0 Å². The number of rotatable bonds is 5. The van der Waals surface area contributed by atoms with E-state index in [0.29, 0.717) is 6.42 Å². The van der Waals surface area contributed by atoms with Crippen LogP contribution in [0.1, 0.15) is 40.0 Å². The Labute approximate surface area is 111 Å². The first-order valence-electron chi connectivity index (χ1n) is 6.65. The molecule has 1 aliphatic rings. The Morgan fingerprint density at radius 2 is 1.89 bits per heavy atom. The molecular weight excluding hydrogens is 250 g/mol. The van der Waals surface area contributed by atoms with Gasteiger partial charge in [0.2, 0.25) is 5.92 Å². The van der Waals surface area contributed by atoms with Gasteiger partial charge < -0.3 is 4.43 Å². The summed E-state index contributed by atoms with van der Waals surface area (Å²) in [5.74, 6) is -2.48. The minimum atomic E-state index is -2.47. The summed E-state index contributed by atoms with van der Waals surface area (Å²) in [6.45, 7) is 14.5. The molecule has 0 N–H and O–H groups in total. The van der Waals surface area contributed by atoms with Crippen molar-refractivity contribution >= 4 is 8.32 Å². The Hall–Kier alpha value is -0.223. The average Bonchev–Trinajstić information content (AvgIpc) is 2.11. The molecule has 0 aromatic rings. The van der Waals surface area contributed by atoms with Crippen LogP contribution in [0.2, 0.25) is 18.1 Å². The highest BCUT2D eigenvalue weighted by atomic mass is 28.4. The van der Waals surface area contributed by atoms with Crippen LogP contribution in [-0.2, 0) is 4.43 Å². The first-order valence-corrected chi connectivity index (χ1v) is 9.56. The van der Waals surface area contributed by atoms with Crippen molar-refractivity contribution in [2.75, 3.05) is 0 Å². The van der Waals surface area contributed by atoms with Crippen LogP contribution in [0, 0.1) is 5.92 Å². The van der Waals surface area contributed by atoms with E-state index in [9.17, 15) is 8.78 Å². The molecule has 0 amide bonds. The van der Waals surface area contributed by atoms with Crippen LogP contribution in [-0.4, -0.2) is 20.3 Å². The average molecular weight is 276 g/mol. The van der Waals surface area contributed by atoms with Crippen molar-refractivity contribution in [3.8, 4) is 0 Å². The van der Waals surface area contributed by atoms with Crippen LogP contribution in [0.3, 0.4) is 0 Å². The van der Waals surface area contributed by atoms with E-state index in [0.717, 1.165) is 0 Å². The topological polar surface area (TPSA) is 9.23 Å². The van der Waals surface area contributed by atoms with Gasteiger partial charge in [-0.05, 0) is 30.5 Å². The van der Waals surface area contributed by atoms with Gasteiger partial charge in [0.15, 0.2) is 8.32 Å². The zero-order valence-electron chi connectivity index (χ0n) is 12.2. The molecule has 1 aliphatic carbocycles. The third-order valence-electron chi connectivity index (χ3n) is 4.30. The van der Waals surface area contributed by atoms with Crippen molar-refractivity contribution in [2.45, 2.75) is 70.2 Å². The first-order chi connectivity index (χ1) is 7.98. The number of hydrogen-bond acceptors (Lipinski definition) is 1. The molecule has 106 valence electrons. The summed E-state index contributed by atoms with van der Waals surface area (Å²) in [4.78, 5) is 0. The molecule has 1 nitrogen and oxygen atoms in total. The van der Waals surface area contributed by atoms with E-state index in [2.05, 4.69) is 40.4 Å². The number of hydrogen-bond donors (Lipinski definition) is 0. The van der Waals surface area contributed by atoms with Gasteiger partial charge in [-0.2, -0.15) is 0 Å². The molecule has 0 aliphatic heterocycles. The maximum absolute atomic E-state index is 13.0. The van der Waals surface area contributed by atoms with Crippen LogP contribution in [0.25, 0.3) is 0 Å². The smallest absolute Gasteiger partial charge is 0.248 e. The predicted molar refractivity (Wildman–Crippen MR) is 74.6 cm³/mol. The zero-order valence-corrected chi connectivity index (χ0v) is 13.2. The molecule has 1 saturated carbocycles. The first kappa shape index (κ1) is 15.8. The van der Waals surface area contributed by atoms with Crippen LogP contribution < -0.4 is 0 Å². The van der Waals surface area contributed by atoms with Crippen molar-refractivity contribution in [1.82, 2.24) is 0 Å². The van der Waals surface area contributed by atoms with Crippen LogP contribution >= 0.6 is 0 Å². The van der Waals surface area contributed by atoms with Crippen molar-refractivity contribution in [3.05, 3.63) is 12.7 Å². The summed E-state index contributed by atoms with van der Waals surface area (Å²) in [5, 5.41) is 0.110. The molecule has 4 heteroatoms. The van der Waals surface area contributed by atoms with Crippen LogP contribution in [0.4, 0.5) is 8.78 Å². The van der Waals surface area contributed by atoms with E-state index in [1.54, 1.807) is 6.08 Å². The molecule has 1 unspecified atom stereocenters.